The zero-order chi connectivity index (χ0) is 13.5. The quantitative estimate of drug-likeness (QED) is 0.846. The first kappa shape index (κ1) is 12.6. The normalized spacial score (nSPS) is 16.2. The van der Waals surface area contributed by atoms with Crippen molar-refractivity contribution in [2.75, 3.05) is 11.9 Å². The summed E-state index contributed by atoms with van der Waals surface area (Å²) in [6.07, 6.45) is 3.70. The van der Waals surface area contributed by atoms with Crippen molar-refractivity contribution < 1.29 is 4.39 Å². The van der Waals surface area contributed by atoms with E-state index in [1.807, 2.05) is 30.1 Å². The number of rotatable bonds is 3. The highest BCUT2D eigenvalue weighted by molar-refractivity contribution is 9.10. The molecule has 0 saturated heterocycles. The number of halogens is 2. The highest BCUT2D eigenvalue weighted by Gasteiger charge is 2.49. The van der Waals surface area contributed by atoms with E-state index in [0.717, 1.165) is 12.8 Å². The summed E-state index contributed by atoms with van der Waals surface area (Å²) in [4.78, 5) is 6.18. The Hall–Kier alpha value is -1.42. The number of hydrogen-bond donors (Lipinski definition) is 0. The minimum absolute atomic E-state index is 0.0943. The van der Waals surface area contributed by atoms with E-state index in [1.165, 1.54) is 11.6 Å². The van der Waals surface area contributed by atoms with Crippen molar-refractivity contribution in [3.8, 4) is 0 Å². The highest BCUT2D eigenvalue weighted by atomic mass is 79.9. The van der Waals surface area contributed by atoms with E-state index in [9.17, 15) is 4.39 Å². The van der Waals surface area contributed by atoms with Crippen LogP contribution in [0.3, 0.4) is 0 Å². The molecule has 0 atom stereocenters. The van der Waals surface area contributed by atoms with Crippen molar-refractivity contribution in [2.45, 2.75) is 18.4 Å². The zero-order valence-corrected chi connectivity index (χ0v) is 12.2. The molecule has 4 heteroatoms. The Balaban J connectivity index is 1.98. The molecule has 0 spiro atoms. The van der Waals surface area contributed by atoms with E-state index in [-0.39, 0.29) is 11.4 Å². The van der Waals surface area contributed by atoms with Crippen LogP contribution in [-0.2, 0) is 5.54 Å². The van der Waals surface area contributed by atoms with Crippen LogP contribution in [0, 0.1) is 5.82 Å². The Kier molecular flexibility index (Phi) is 3.05. The fourth-order valence-electron chi connectivity index (χ4n) is 2.54. The second-order valence-electron chi connectivity index (χ2n) is 4.92. The van der Waals surface area contributed by atoms with Crippen LogP contribution in [0.5, 0.6) is 0 Å². The van der Waals surface area contributed by atoms with Gasteiger partial charge in [-0.1, -0.05) is 30.3 Å². The maximum Gasteiger partial charge on any atom is 0.166 e. The lowest BCUT2D eigenvalue weighted by atomic mass is 10.0. The molecule has 1 saturated carbocycles. The Morgan fingerprint density at radius 1 is 1.26 bits per heavy atom. The summed E-state index contributed by atoms with van der Waals surface area (Å²) in [6.45, 7) is 0. The lowest BCUT2D eigenvalue weighted by Gasteiger charge is -2.30. The first-order valence-corrected chi connectivity index (χ1v) is 7.03. The molecule has 1 aromatic heterocycles. The fraction of sp³-hybridized carbons (Fsp3) is 0.267. The second kappa shape index (κ2) is 4.60. The number of anilines is 1. The van der Waals surface area contributed by atoms with Gasteiger partial charge in [-0.2, -0.15) is 0 Å². The molecule has 3 rings (SSSR count). The summed E-state index contributed by atoms with van der Waals surface area (Å²) < 4.78 is 14.7. The van der Waals surface area contributed by atoms with Crippen molar-refractivity contribution in [3.05, 3.63) is 58.4 Å². The maximum atomic E-state index is 14.0. The monoisotopic (exact) mass is 320 g/mol. The van der Waals surface area contributed by atoms with Gasteiger partial charge in [0.05, 0.1) is 5.54 Å². The SMILES string of the molecule is CN(c1ncc(Br)cc1F)C1(c2ccccc2)CC1. The van der Waals surface area contributed by atoms with Gasteiger partial charge in [-0.3, -0.25) is 0 Å². The van der Waals surface area contributed by atoms with Crippen molar-refractivity contribution in [3.63, 3.8) is 0 Å². The topological polar surface area (TPSA) is 16.1 Å². The molecule has 0 radical (unpaired) electrons. The Morgan fingerprint density at radius 2 is 1.95 bits per heavy atom. The third-order valence-corrected chi connectivity index (χ3v) is 4.22. The van der Waals surface area contributed by atoms with E-state index in [1.54, 1.807) is 6.20 Å². The van der Waals surface area contributed by atoms with Gasteiger partial charge in [-0.25, -0.2) is 9.37 Å². The summed E-state index contributed by atoms with van der Waals surface area (Å²) in [5.74, 6) is 0.114. The fourth-order valence-corrected chi connectivity index (χ4v) is 2.84. The molecule has 1 heterocycles. The van der Waals surface area contributed by atoms with Gasteiger partial charge in [0, 0.05) is 17.7 Å². The standard InChI is InChI=1S/C15H14BrFN2/c1-19(14-13(17)9-12(16)10-18-14)15(7-8-15)11-5-3-2-4-6-11/h2-6,9-10H,7-8H2,1H3. The Labute approximate surface area is 120 Å². The molecule has 98 valence electrons. The van der Waals surface area contributed by atoms with E-state index < -0.39 is 0 Å². The molecule has 2 aromatic rings. The van der Waals surface area contributed by atoms with E-state index in [0.29, 0.717) is 10.3 Å². The van der Waals surface area contributed by atoms with Crippen molar-refractivity contribution in [1.29, 1.82) is 0 Å². The number of pyridine rings is 1. The van der Waals surface area contributed by atoms with Crippen molar-refractivity contribution in [1.82, 2.24) is 4.98 Å². The Bertz CT molecular complexity index is 596. The van der Waals surface area contributed by atoms with Gasteiger partial charge < -0.3 is 4.90 Å². The van der Waals surface area contributed by atoms with Crippen LogP contribution >= 0.6 is 15.9 Å². The molecular weight excluding hydrogens is 307 g/mol. The maximum absolute atomic E-state index is 14.0. The van der Waals surface area contributed by atoms with Crippen molar-refractivity contribution >= 4 is 21.7 Å². The minimum atomic E-state index is -0.293. The molecule has 1 aromatic carbocycles. The van der Waals surface area contributed by atoms with Gasteiger partial charge in [0.15, 0.2) is 11.6 Å². The molecule has 0 aliphatic heterocycles. The van der Waals surface area contributed by atoms with Gasteiger partial charge in [0.25, 0.3) is 0 Å². The molecule has 0 unspecified atom stereocenters. The molecule has 0 N–H and O–H groups in total. The van der Waals surface area contributed by atoms with Crippen LogP contribution in [0.15, 0.2) is 47.1 Å². The molecule has 1 fully saturated rings. The first-order chi connectivity index (χ1) is 9.13. The van der Waals surface area contributed by atoms with Gasteiger partial charge in [-0.05, 0) is 40.4 Å². The van der Waals surface area contributed by atoms with Crippen LogP contribution < -0.4 is 4.90 Å². The Morgan fingerprint density at radius 3 is 2.53 bits per heavy atom. The van der Waals surface area contributed by atoms with E-state index in [4.69, 9.17) is 0 Å². The lowest BCUT2D eigenvalue weighted by molar-refractivity contribution is 0.586. The van der Waals surface area contributed by atoms with Gasteiger partial charge in [0.2, 0.25) is 0 Å². The second-order valence-corrected chi connectivity index (χ2v) is 5.83. The molecule has 2 nitrogen and oxygen atoms in total. The highest BCUT2D eigenvalue weighted by Crippen LogP contribution is 2.51. The van der Waals surface area contributed by atoms with E-state index >= 15 is 0 Å². The number of aromatic nitrogens is 1. The molecule has 19 heavy (non-hydrogen) atoms. The molecular formula is C15H14BrFN2. The predicted molar refractivity (Wildman–Crippen MR) is 77.7 cm³/mol. The third kappa shape index (κ3) is 2.14. The summed E-state index contributed by atoms with van der Waals surface area (Å²) >= 11 is 3.24. The summed E-state index contributed by atoms with van der Waals surface area (Å²) in [5, 5.41) is 0. The zero-order valence-electron chi connectivity index (χ0n) is 10.6. The van der Waals surface area contributed by atoms with Gasteiger partial charge in [-0.15, -0.1) is 0 Å². The molecule has 1 aliphatic carbocycles. The lowest BCUT2D eigenvalue weighted by Crippen LogP contribution is -2.32. The third-order valence-electron chi connectivity index (χ3n) is 3.78. The predicted octanol–water partition coefficient (Wildman–Crippen LogP) is 4.11. The summed E-state index contributed by atoms with van der Waals surface area (Å²) in [5.41, 5.74) is 1.13. The van der Waals surface area contributed by atoms with Crippen LogP contribution in [0.4, 0.5) is 10.2 Å². The molecule has 1 aliphatic rings. The number of benzene rings is 1. The van der Waals surface area contributed by atoms with Gasteiger partial charge in [0.1, 0.15) is 0 Å². The number of hydrogen-bond acceptors (Lipinski definition) is 2. The van der Waals surface area contributed by atoms with Crippen LogP contribution in [0.1, 0.15) is 18.4 Å². The summed E-state index contributed by atoms with van der Waals surface area (Å²) in [7, 11) is 1.92. The average molecular weight is 321 g/mol. The molecule has 0 amide bonds. The summed E-state index contributed by atoms with van der Waals surface area (Å²) in [6, 6.07) is 11.7. The smallest absolute Gasteiger partial charge is 0.166 e. The van der Waals surface area contributed by atoms with Crippen molar-refractivity contribution in [2.24, 2.45) is 0 Å². The van der Waals surface area contributed by atoms with Crippen LogP contribution in [0.2, 0.25) is 0 Å². The minimum Gasteiger partial charge on any atom is -0.348 e. The average Bonchev–Trinajstić information content (AvgIpc) is 3.20. The van der Waals surface area contributed by atoms with Gasteiger partial charge >= 0.3 is 0 Å². The molecule has 0 bridgehead atoms. The number of nitrogens with zero attached hydrogens (tertiary/aromatic N) is 2. The van der Waals surface area contributed by atoms with Crippen LogP contribution in [0.25, 0.3) is 0 Å². The first-order valence-electron chi connectivity index (χ1n) is 6.24. The largest absolute Gasteiger partial charge is 0.348 e. The van der Waals surface area contributed by atoms with E-state index in [2.05, 4.69) is 33.0 Å². The van der Waals surface area contributed by atoms with Crippen LogP contribution in [-0.4, -0.2) is 12.0 Å².